The lowest BCUT2D eigenvalue weighted by molar-refractivity contribution is -0.153. The molecule has 2 amide bonds. The van der Waals surface area contributed by atoms with Gasteiger partial charge in [-0.3, -0.25) is 9.59 Å². The van der Waals surface area contributed by atoms with Crippen LogP contribution in [0.4, 0.5) is 30.5 Å². The molecule has 3 N–H and O–H groups in total. The van der Waals surface area contributed by atoms with Crippen molar-refractivity contribution in [1.82, 2.24) is 20.5 Å². The number of anilines is 3. The molecule has 1 unspecified atom stereocenters. The van der Waals surface area contributed by atoms with E-state index in [1.807, 2.05) is 0 Å². The second-order valence-electron chi connectivity index (χ2n) is 6.80. The second-order valence-corrected chi connectivity index (χ2v) is 8.78. The monoisotopic (exact) mass is 458 g/mol. The minimum atomic E-state index is -4.47. The summed E-state index contributed by atoms with van der Waals surface area (Å²) >= 11 is 0. The van der Waals surface area contributed by atoms with E-state index in [0.717, 1.165) is 12.3 Å². The van der Waals surface area contributed by atoms with E-state index in [1.165, 1.54) is 25.4 Å². The Bertz CT molecular complexity index is 1140. The van der Waals surface area contributed by atoms with Crippen molar-refractivity contribution in [2.45, 2.75) is 17.5 Å². The number of pyridine rings is 1. The fourth-order valence-corrected chi connectivity index (χ4v) is 3.59. The lowest BCUT2D eigenvalue weighted by atomic mass is 10.2. The maximum atomic E-state index is 12.7. The van der Waals surface area contributed by atoms with Crippen LogP contribution in [-0.4, -0.2) is 54.9 Å². The number of sulfone groups is 1. The fraction of sp³-hybridized carbons (Fsp3) is 0.353. The Labute approximate surface area is 174 Å². The predicted octanol–water partition coefficient (Wildman–Crippen LogP) is 1.52. The van der Waals surface area contributed by atoms with Crippen molar-refractivity contribution in [2.75, 3.05) is 23.9 Å². The molecule has 0 spiro atoms. The van der Waals surface area contributed by atoms with Crippen LogP contribution >= 0.6 is 0 Å². The van der Waals surface area contributed by atoms with Crippen molar-refractivity contribution in [1.29, 1.82) is 0 Å². The van der Waals surface area contributed by atoms with Gasteiger partial charge in [-0.05, 0) is 18.6 Å². The topological polar surface area (TPSA) is 143 Å². The van der Waals surface area contributed by atoms with Gasteiger partial charge in [0.05, 0.1) is 17.5 Å². The molecule has 166 valence electrons. The van der Waals surface area contributed by atoms with E-state index in [-0.39, 0.29) is 34.3 Å². The molecule has 1 saturated carbocycles. The van der Waals surface area contributed by atoms with E-state index in [2.05, 4.69) is 31.1 Å². The number of carbonyl (C=O) groups is 2. The lowest BCUT2D eigenvalue weighted by Crippen LogP contribution is -2.23. The number of carbonyl (C=O) groups excluding carboxylic acids is 2. The summed E-state index contributed by atoms with van der Waals surface area (Å²) in [5.74, 6) is -4.84. The van der Waals surface area contributed by atoms with Gasteiger partial charge in [0.2, 0.25) is 5.91 Å². The first-order chi connectivity index (χ1) is 14.4. The minimum Gasteiger partial charge on any atom is -0.354 e. The van der Waals surface area contributed by atoms with E-state index in [4.69, 9.17) is 0 Å². The highest BCUT2D eigenvalue weighted by molar-refractivity contribution is 7.90. The molecule has 3 rings (SSSR count). The van der Waals surface area contributed by atoms with Gasteiger partial charge in [-0.1, -0.05) is 0 Å². The van der Waals surface area contributed by atoms with Crippen molar-refractivity contribution in [2.24, 2.45) is 11.8 Å². The van der Waals surface area contributed by atoms with Gasteiger partial charge in [0.25, 0.3) is 5.91 Å². The Morgan fingerprint density at radius 3 is 2.52 bits per heavy atom. The Balaban J connectivity index is 1.91. The first-order valence-corrected chi connectivity index (χ1v) is 10.7. The van der Waals surface area contributed by atoms with Crippen LogP contribution < -0.4 is 16.0 Å². The van der Waals surface area contributed by atoms with Crippen LogP contribution in [0.3, 0.4) is 0 Å². The first kappa shape index (κ1) is 22.4. The largest absolute Gasteiger partial charge is 0.392 e. The molecule has 1 aliphatic carbocycles. The third kappa shape index (κ3) is 5.07. The third-order valence-electron chi connectivity index (χ3n) is 4.46. The summed E-state index contributed by atoms with van der Waals surface area (Å²) in [5.41, 5.74) is -0.304. The number of hydrogen-bond donors (Lipinski definition) is 3. The number of halogens is 3. The molecule has 0 bridgehead atoms. The summed E-state index contributed by atoms with van der Waals surface area (Å²) in [7, 11) is -2.35. The van der Waals surface area contributed by atoms with Gasteiger partial charge in [0.15, 0.2) is 21.3 Å². The van der Waals surface area contributed by atoms with Crippen LogP contribution in [-0.2, 0) is 14.6 Å². The van der Waals surface area contributed by atoms with Crippen LogP contribution in [0.25, 0.3) is 0 Å². The van der Waals surface area contributed by atoms with Gasteiger partial charge in [-0.15, -0.1) is 10.2 Å². The Kier molecular flexibility index (Phi) is 5.85. The lowest BCUT2D eigenvalue weighted by Gasteiger charge is -2.13. The zero-order valence-corrected chi connectivity index (χ0v) is 17.0. The molecule has 2 heterocycles. The van der Waals surface area contributed by atoms with Crippen LogP contribution in [0.15, 0.2) is 29.3 Å². The van der Waals surface area contributed by atoms with E-state index in [0.29, 0.717) is 0 Å². The second kappa shape index (κ2) is 8.09. The summed E-state index contributed by atoms with van der Waals surface area (Å²) in [5, 5.41) is 14.6. The van der Waals surface area contributed by atoms with Gasteiger partial charge in [-0.2, -0.15) is 13.2 Å². The van der Waals surface area contributed by atoms with Gasteiger partial charge in [-0.25, -0.2) is 13.4 Å². The van der Waals surface area contributed by atoms with Gasteiger partial charge < -0.3 is 16.0 Å². The summed E-state index contributed by atoms with van der Waals surface area (Å²) in [6.45, 7) is 0. The number of alkyl halides is 3. The molecule has 10 nitrogen and oxygen atoms in total. The number of amides is 2. The van der Waals surface area contributed by atoms with Crippen LogP contribution in [0.1, 0.15) is 16.9 Å². The maximum absolute atomic E-state index is 12.7. The van der Waals surface area contributed by atoms with E-state index < -0.39 is 39.7 Å². The standard InChI is InChI=1S/C17H17F3N6O4S/c1-21-16(28)13-10(23-14-11(31(2,29)30)4-3-5-22-14)7-12(25-26-13)24-15(27)8-6-9(8)17(18,19)20/h3-5,7-9H,6H2,1-2H3,(H,21,28)(H2,22,23,24,25,27)/t8?,9-/m1/s1. The first-order valence-electron chi connectivity index (χ1n) is 8.81. The molecule has 31 heavy (non-hydrogen) atoms. The fourth-order valence-electron chi connectivity index (χ4n) is 2.81. The average molecular weight is 458 g/mol. The summed E-state index contributed by atoms with van der Waals surface area (Å²) in [4.78, 5) is 28.0. The van der Waals surface area contributed by atoms with Crippen molar-refractivity contribution in [3.8, 4) is 0 Å². The Hall–Kier alpha value is -3.29. The molecule has 0 aromatic carbocycles. The zero-order valence-electron chi connectivity index (χ0n) is 16.2. The summed E-state index contributed by atoms with van der Waals surface area (Å²) in [6.07, 6.45) is -2.50. The number of rotatable bonds is 6. The van der Waals surface area contributed by atoms with Crippen LogP contribution in [0.2, 0.25) is 0 Å². The normalized spacial score (nSPS) is 18.2. The molecule has 2 aromatic heterocycles. The highest BCUT2D eigenvalue weighted by Gasteiger charge is 2.58. The Morgan fingerprint density at radius 1 is 1.23 bits per heavy atom. The maximum Gasteiger partial charge on any atom is 0.392 e. The van der Waals surface area contributed by atoms with E-state index in [1.54, 1.807) is 0 Å². The molecule has 1 fully saturated rings. The summed E-state index contributed by atoms with van der Waals surface area (Å²) in [6, 6.07) is 3.86. The van der Waals surface area contributed by atoms with Crippen molar-refractivity contribution < 1.29 is 31.2 Å². The number of hydrogen-bond acceptors (Lipinski definition) is 8. The van der Waals surface area contributed by atoms with Crippen molar-refractivity contribution in [3.05, 3.63) is 30.1 Å². The quantitative estimate of drug-likeness (QED) is 0.591. The highest BCUT2D eigenvalue weighted by Crippen LogP contribution is 2.50. The smallest absolute Gasteiger partial charge is 0.354 e. The van der Waals surface area contributed by atoms with Crippen molar-refractivity contribution in [3.63, 3.8) is 0 Å². The molecule has 0 radical (unpaired) electrons. The van der Waals surface area contributed by atoms with Crippen LogP contribution in [0.5, 0.6) is 0 Å². The molecular weight excluding hydrogens is 441 g/mol. The molecule has 0 saturated heterocycles. The van der Waals surface area contributed by atoms with Gasteiger partial charge in [0, 0.05) is 25.6 Å². The molecule has 2 aromatic rings. The number of nitrogens with one attached hydrogen (secondary N) is 3. The van der Waals surface area contributed by atoms with Crippen molar-refractivity contribution >= 4 is 39.0 Å². The third-order valence-corrected chi connectivity index (χ3v) is 5.59. The highest BCUT2D eigenvalue weighted by atomic mass is 32.2. The predicted molar refractivity (Wildman–Crippen MR) is 102 cm³/mol. The van der Waals surface area contributed by atoms with Crippen LogP contribution in [0, 0.1) is 11.8 Å². The van der Waals surface area contributed by atoms with Gasteiger partial charge >= 0.3 is 6.18 Å². The minimum absolute atomic E-state index is 0.0589. The molecular formula is C17H17F3N6O4S. The Morgan fingerprint density at radius 2 is 1.94 bits per heavy atom. The zero-order chi connectivity index (χ0) is 23.0. The SMILES string of the molecule is CNC(=O)c1nnc(NC(=O)C2C[C@H]2C(F)(F)F)cc1Nc1ncccc1S(C)(=O)=O. The molecule has 1 aliphatic rings. The summed E-state index contributed by atoms with van der Waals surface area (Å²) < 4.78 is 62.1. The number of nitrogens with zero attached hydrogens (tertiary/aromatic N) is 3. The van der Waals surface area contributed by atoms with E-state index in [9.17, 15) is 31.2 Å². The average Bonchev–Trinajstić information content (AvgIpc) is 3.49. The number of aromatic nitrogens is 3. The van der Waals surface area contributed by atoms with Gasteiger partial charge in [0.1, 0.15) is 10.7 Å². The molecule has 2 atom stereocenters. The van der Waals surface area contributed by atoms with E-state index >= 15 is 0 Å². The molecule has 0 aliphatic heterocycles. The molecule has 14 heteroatoms.